The number of carbonyl (C=O) groups is 2. The molecule has 1 aliphatic rings. The van der Waals surface area contributed by atoms with Crippen LogP contribution in [0.5, 0.6) is 0 Å². The molecule has 0 fully saturated rings. The molecule has 2 amide bonds. The van der Waals surface area contributed by atoms with E-state index in [4.69, 9.17) is 15.9 Å². The number of alkyl halides is 3. The Kier molecular flexibility index (Phi) is 8.82. The van der Waals surface area contributed by atoms with E-state index in [-0.39, 0.29) is 23.6 Å². The standard InChI is InChI=1S/C30H27F3N6O4/c1-18-25(27(41)43-2)26(39(29(36)42)28(35)38(18)23-7-3-6-22(14-23)30(31,32)33)24-9-8-19(15-34)13-21(24)10-12-37-11-4-5-20(16-37)17-40/h3-9,11,13-14,16,26,35,40H,10,12,17H2,1-2H3,(H-,36,42)/p+1/t26-/m1/s1. The van der Waals surface area contributed by atoms with E-state index in [1.165, 1.54) is 19.1 Å². The molecule has 2 heterocycles. The Morgan fingerprint density at radius 1 is 1.19 bits per heavy atom. The van der Waals surface area contributed by atoms with Crippen LogP contribution in [0.3, 0.4) is 0 Å². The number of benzene rings is 2. The third kappa shape index (κ3) is 6.19. The first-order chi connectivity index (χ1) is 20.4. The summed E-state index contributed by atoms with van der Waals surface area (Å²) < 4.78 is 47.5. The van der Waals surface area contributed by atoms with Crippen LogP contribution in [0, 0.1) is 16.7 Å². The summed E-state index contributed by atoms with van der Waals surface area (Å²) in [5, 5.41) is 28.0. The van der Waals surface area contributed by atoms with Crippen molar-refractivity contribution in [1.82, 2.24) is 4.90 Å². The van der Waals surface area contributed by atoms with Crippen LogP contribution < -0.4 is 15.2 Å². The van der Waals surface area contributed by atoms with E-state index in [0.29, 0.717) is 35.2 Å². The van der Waals surface area contributed by atoms with Crippen molar-refractivity contribution in [1.29, 1.82) is 10.7 Å². The van der Waals surface area contributed by atoms with Crippen molar-refractivity contribution < 1.29 is 37.2 Å². The minimum Gasteiger partial charge on any atom is -0.466 e. The van der Waals surface area contributed by atoms with Crippen LogP contribution in [0.25, 0.3) is 0 Å². The normalized spacial score (nSPS) is 15.4. The largest absolute Gasteiger partial charge is 0.466 e. The van der Waals surface area contributed by atoms with E-state index >= 15 is 0 Å². The second kappa shape index (κ2) is 12.3. The summed E-state index contributed by atoms with van der Waals surface area (Å²) >= 11 is 0. The number of amides is 2. The van der Waals surface area contributed by atoms with Gasteiger partial charge in [0.05, 0.1) is 36.5 Å². The van der Waals surface area contributed by atoms with Gasteiger partial charge in [-0.2, -0.15) is 18.4 Å². The second-order valence-corrected chi connectivity index (χ2v) is 9.69. The highest BCUT2D eigenvalue weighted by Crippen LogP contribution is 2.42. The van der Waals surface area contributed by atoms with Crippen LogP contribution in [0.1, 0.15) is 40.8 Å². The predicted octanol–water partition coefficient (Wildman–Crippen LogP) is 3.92. The van der Waals surface area contributed by atoms with Crippen LogP contribution >= 0.6 is 0 Å². The first-order valence-corrected chi connectivity index (χ1v) is 13.0. The molecule has 43 heavy (non-hydrogen) atoms. The number of guanidine groups is 1. The number of anilines is 1. The number of allylic oxidation sites excluding steroid dienone is 1. The number of pyridine rings is 1. The molecule has 222 valence electrons. The Hall–Kier alpha value is -5.22. The molecule has 0 saturated heterocycles. The highest BCUT2D eigenvalue weighted by molar-refractivity contribution is 6.10. The van der Waals surface area contributed by atoms with Gasteiger partial charge in [-0.1, -0.05) is 12.1 Å². The SMILES string of the molecule is COC(=O)C1=C(C)N(c2cccc(C(F)(F)F)c2)C(=N)N(C(N)=O)[C@@H]1c1ccc(C#N)cc1CC[n+]1cccc(CO)c1. The highest BCUT2D eigenvalue weighted by atomic mass is 19.4. The molecule has 1 atom stereocenters. The summed E-state index contributed by atoms with van der Waals surface area (Å²) in [6.07, 6.45) is -0.854. The Morgan fingerprint density at radius 3 is 2.56 bits per heavy atom. The van der Waals surface area contributed by atoms with Crippen LogP contribution in [-0.4, -0.2) is 35.1 Å². The number of methoxy groups -OCH3 is 1. The number of aromatic nitrogens is 1. The first-order valence-electron chi connectivity index (χ1n) is 13.0. The number of primary amides is 1. The number of urea groups is 1. The number of nitriles is 1. The predicted molar refractivity (Wildman–Crippen MR) is 148 cm³/mol. The number of esters is 1. The maximum atomic E-state index is 13.5. The van der Waals surface area contributed by atoms with Gasteiger partial charge in [0.1, 0.15) is 6.04 Å². The van der Waals surface area contributed by atoms with E-state index in [9.17, 15) is 33.1 Å². The number of aliphatic hydroxyl groups excluding tert-OH is 1. The fourth-order valence-electron chi connectivity index (χ4n) is 5.09. The van der Waals surface area contributed by atoms with Crippen molar-refractivity contribution in [3.8, 4) is 6.07 Å². The summed E-state index contributed by atoms with van der Waals surface area (Å²) in [6, 6.07) is 11.9. The van der Waals surface area contributed by atoms with Crippen molar-refractivity contribution >= 4 is 23.6 Å². The van der Waals surface area contributed by atoms with Crippen molar-refractivity contribution in [2.24, 2.45) is 5.73 Å². The lowest BCUT2D eigenvalue weighted by Crippen LogP contribution is -2.55. The topological polar surface area (TPSA) is 148 Å². The molecule has 0 unspecified atom stereocenters. The molecule has 0 spiro atoms. The fraction of sp³-hybridized carbons (Fsp3) is 0.233. The van der Waals surface area contributed by atoms with E-state index in [2.05, 4.69) is 6.07 Å². The number of nitrogens with zero attached hydrogens (tertiary/aromatic N) is 4. The molecule has 10 nitrogen and oxygen atoms in total. The van der Waals surface area contributed by atoms with Crippen LogP contribution in [-0.2, 0) is 35.3 Å². The summed E-state index contributed by atoms with van der Waals surface area (Å²) in [5.41, 5.74) is 6.47. The van der Waals surface area contributed by atoms with E-state index < -0.39 is 35.7 Å². The number of hydrogen-bond acceptors (Lipinski definition) is 6. The number of halogens is 3. The quantitative estimate of drug-likeness (QED) is 0.279. The Bertz CT molecular complexity index is 1660. The molecule has 1 aromatic heterocycles. The molecule has 0 saturated carbocycles. The monoisotopic (exact) mass is 593 g/mol. The Morgan fingerprint density at radius 2 is 1.93 bits per heavy atom. The highest BCUT2D eigenvalue weighted by Gasteiger charge is 2.44. The van der Waals surface area contributed by atoms with Gasteiger partial charge in [-0.15, -0.1) is 0 Å². The molecule has 4 rings (SSSR count). The lowest BCUT2D eigenvalue weighted by Gasteiger charge is -2.43. The minimum absolute atomic E-state index is 0.0546. The molecule has 1 aliphatic heterocycles. The molecular formula is C30H28F3N6O4+. The smallest absolute Gasteiger partial charge is 0.416 e. The van der Waals surface area contributed by atoms with Gasteiger partial charge in [0, 0.05) is 29.4 Å². The molecule has 3 aromatic rings. The van der Waals surface area contributed by atoms with Gasteiger partial charge < -0.3 is 15.6 Å². The number of carbonyl (C=O) groups excluding carboxylic acids is 2. The summed E-state index contributed by atoms with van der Waals surface area (Å²) in [6.45, 7) is 1.65. The van der Waals surface area contributed by atoms with Gasteiger partial charge in [0.2, 0.25) is 5.96 Å². The maximum Gasteiger partial charge on any atom is 0.416 e. The second-order valence-electron chi connectivity index (χ2n) is 9.69. The van der Waals surface area contributed by atoms with E-state index in [1.807, 2.05) is 4.57 Å². The number of rotatable bonds is 7. The van der Waals surface area contributed by atoms with E-state index in [0.717, 1.165) is 35.1 Å². The third-order valence-corrected chi connectivity index (χ3v) is 7.08. The van der Waals surface area contributed by atoms with Crippen molar-refractivity contribution in [3.05, 3.63) is 106 Å². The van der Waals surface area contributed by atoms with Gasteiger partial charge >= 0.3 is 18.2 Å². The third-order valence-electron chi connectivity index (χ3n) is 7.08. The van der Waals surface area contributed by atoms with Crippen LogP contribution in [0.15, 0.2) is 78.3 Å². The zero-order valence-electron chi connectivity index (χ0n) is 23.2. The number of hydrogen-bond donors (Lipinski definition) is 3. The molecule has 2 aromatic carbocycles. The molecule has 4 N–H and O–H groups in total. The molecule has 0 aliphatic carbocycles. The maximum absolute atomic E-state index is 13.5. The molecular weight excluding hydrogens is 565 g/mol. The van der Waals surface area contributed by atoms with Gasteiger partial charge in [-0.25, -0.2) is 14.2 Å². The van der Waals surface area contributed by atoms with Gasteiger partial charge in [-0.3, -0.25) is 15.2 Å². The lowest BCUT2D eigenvalue weighted by molar-refractivity contribution is -0.697. The lowest BCUT2D eigenvalue weighted by atomic mass is 9.88. The molecule has 0 bridgehead atoms. The number of nitrogens with two attached hydrogens (primary N) is 1. The molecule has 13 heteroatoms. The number of aliphatic hydroxyl groups is 1. The van der Waals surface area contributed by atoms with Crippen molar-refractivity contribution in [2.45, 2.75) is 38.7 Å². The molecule has 0 radical (unpaired) electrons. The fourth-order valence-corrected chi connectivity index (χ4v) is 5.09. The van der Waals surface area contributed by atoms with Crippen molar-refractivity contribution in [3.63, 3.8) is 0 Å². The average Bonchev–Trinajstić information content (AvgIpc) is 2.98. The average molecular weight is 594 g/mol. The van der Waals surface area contributed by atoms with Crippen LogP contribution in [0.2, 0.25) is 0 Å². The Balaban J connectivity index is 1.91. The first kappa shape index (κ1) is 30.7. The summed E-state index contributed by atoms with van der Waals surface area (Å²) in [4.78, 5) is 28.1. The minimum atomic E-state index is -4.69. The van der Waals surface area contributed by atoms with Crippen molar-refractivity contribution in [2.75, 3.05) is 12.0 Å². The van der Waals surface area contributed by atoms with Gasteiger partial charge in [0.15, 0.2) is 18.9 Å². The number of ether oxygens (including phenoxy) is 1. The summed E-state index contributed by atoms with van der Waals surface area (Å²) in [5.74, 6) is -1.47. The van der Waals surface area contributed by atoms with Gasteiger partial charge in [0.25, 0.3) is 0 Å². The Labute approximate surface area is 245 Å². The zero-order valence-corrected chi connectivity index (χ0v) is 23.2. The van der Waals surface area contributed by atoms with E-state index in [1.54, 1.807) is 36.7 Å². The summed E-state index contributed by atoms with van der Waals surface area (Å²) in [7, 11) is 1.12. The van der Waals surface area contributed by atoms with Gasteiger partial charge in [-0.05, 0) is 54.4 Å². The zero-order chi connectivity index (χ0) is 31.5. The number of aryl methyl sites for hydroxylation is 2. The number of nitrogens with one attached hydrogen (secondary N) is 1. The van der Waals surface area contributed by atoms with Crippen LogP contribution in [0.4, 0.5) is 23.7 Å².